The number of quaternary nitrogens is 1. The van der Waals surface area contributed by atoms with Crippen molar-refractivity contribution in [3.63, 3.8) is 0 Å². The van der Waals surface area contributed by atoms with Crippen LogP contribution in [0.2, 0.25) is 0 Å². The van der Waals surface area contributed by atoms with Gasteiger partial charge < -0.3 is 4.90 Å². The molecule has 0 aliphatic carbocycles. The molecule has 0 radical (unpaired) electrons. The molecule has 140 valence electrons. The van der Waals surface area contributed by atoms with E-state index in [9.17, 15) is 0 Å². The number of fused-ring (bicyclic) bond motifs is 6. The molecule has 0 saturated carbocycles. The van der Waals surface area contributed by atoms with E-state index in [1.807, 2.05) is 21.9 Å². The average Bonchev–Trinajstić information content (AvgIpc) is 3.38. The lowest BCUT2D eigenvalue weighted by Gasteiger charge is -2.19. The zero-order valence-corrected chi connectivity index (χ0v) is 17.6. The molecule has 1 N–H and O–H groups in total. The van der Waals surface area contributed by atoms with E-state index in [4.69, 9.17) is 9.97 Å². The maximum absolute atomic E-state index is 4.88. The molecule has 1 aliphatic rings. The molecule has 0 spiro atoms. The van der Waals surface area contributed by atoms with Crippen molar-refractivity contribution >= 4 is 60.5 Å². The lowest BCUT2D eigenvalue weighted by molar-refractivity contribution is -0.895. The summed E-state index contributed by atoms with van der Waals surface area (Å²) in [6.07, 6.45) is 2.89. The largest absolute Gasteiger partial charge is 0.333 e. The summed E-state index contributed by atoms with van der Waals surface area (Å²) in [4.78, 5) is 18.3. The van der Waals surface area contributed by atoms with E-state index >= 15 is 0 Å². The maximum atomic E-state index is 4.88. The molecule has 1 aromatic carbocycles. The number of likely N-dealkylation sites (N-methyl/N-ethyl adjacent to an activating group) is 1. The van der Waals surface area contributed by atoms with E-state index in [-0.39, 0.29) is 0 Å². The number of hydrogen-bond donors (Lipinski definition) is 1. The number of aromatic nitrogens is 5. The number of hydrogen-bond acceptors (Lipinski definition) is 7. The van der Waals surface area contributed by atoms with E-state index in [1.165, 1.54) is 20.5 Å². The Morgan fingerprint density at radius 1 is 1.21 bits per heavy atom. The second kappa shape index (κ2) is 6.48. The zero-order valence-electron chi connectivity index (χ0n) is 15.2. The third-order valence-electron chi connectivity index (χ3n) is 5.12. The summed E-state index contributed by atoms with van der Waals surface area (Å²) < 4.78 is 4.12. The van der Waals surface area contributed by atoms with Gasteiger partial charge in [-0.15, -0.1) is 27.8 Å². The minimum absolute atomic E-state index is 0.711. The van der Waals surface area contributed by atoms with Crippen molar-refractivity contribution in [2.45, 2.75) is 23.1 Å². The number of thiophene rings is 1. The van der Waals surface area contributed by atoms with E-state index in [1.54, 1.807) is 34.3 Å². The summed E-state index contributed by atoms with van der Waals surface area (Å²) in [7, 11) is 2.25. The number of thioether (sulfide) groups is 1. The quantitative estimate of drug-likeness (QED) is 0.451. The van der Waals surface area contributed by atoms with Crippen LogP contribution >= 0.6 is 34.4 Å². The number of rotatable bonds is 3. The Balaban J connectivity index is 1.35. The van der Waals surface area contributed by atoms with Crippen LogP contribution in [0.15, 0.2) is 34.9 Å². The van der Waals surface area contributed by atoms with Crippen molar-refractivity contribution in [1.29, 1.82) is 0 Å². The molecule has 5 aromatic rings. The maximum Gasteiger partial charge on any atom is 0.168 e. The van der Waals surface area contributed by atoms with E-state index in [0.29, 0.717) is 5.75 Å². The minimum Gasteiger partial charge on any atom is -0.333 e. The molecule has 28 heavy (non-hydrogen) atoms. The topological polar surface area (TPSA) is 60.4 Å². The van der Waals surface area contributed by atoms with Crippen LogP contribution in [-0.2, 0) is 18.7 Å². The van der Waals surface area contributed by atoms with E-state index in [2.05, 4.69) is 35.3 Å². The summed E-state index contributed by atoms with van der Waals surface area (Å²) >= 11 is 5.24. The molecule has 0 bridgehead atoms. The van der Waals surface area contributed by atoms with E-state index < -0.39 is 0 Å². The first-order valence-corrected chi connectivity index (χ1v) is 11.8. The van der Waals surface area contributed by atoms with Gasteiger partial charge in [0.15, 0.2) is 15.8 Å². The highest BCUT2D eigenvalue weighted by Gasteiger charge is 2.24. The van der Waals surface area contributed by atoms with Gasteiger partial charge in [0.25, 0.3) is 0 Å². The molecule has 0 fully saturated rings. The molecule has 6 rings (SSSR count). The Bertz CT molecular complexity index is 1300. The second-order valence-electron chi connectivity index (χ2n) is 7.09. The van der Waals surface area contributed by atoms with Gasteiger partial charge in [0.2, 0.25) is 0 Å². The zero-order chi connectivity index (χ0) is 18.7. The lowest BCUT2D eigenvalue weighted by atomic mass is 10.1. The number of nitrogens with zero attached hydrogens (tertiary/aromatic N) is 5. The molecule has 6 nitrogen and oxygen atoms in total. The molecule has 1 unspecified atom stereocenters. The van der Waals surface area contributed by atoms with Crippen LogP contribution in [-0.4, -0.2) is 38.2 Å². The lowest BCUT2D eigenvalue weighted by Crippen LogP contribution is -3.08. The van der Waals surface area contributed by atoms with Gasteiger partial charge in [0.1, 0.15) is 17.7 Å². The fourth-order valence-corrected chi connectivity index (χ4v) is 6.97. The third kappa shape index (κ3) is 2.73. The Kier molecular flexibility index (Phi) is 3.90. The van der Waals surface area contributed by atoms with Crippen LogP contribution in [0.3, 0.4) is 0 Å². The number of benzene rings is 1. The monoisotopic (exact) mass is 425 g/mol. The number of thiazole rings is 1. The summed E-state index contributed by atoms with van der Waals surface area (Å²) in [6.45, 7) is 2.24. The number of para-hydroxylation sites is 1. The average molecular weight is 426 g/mol. The van der Waals surface area contributed by atoms with Crippen molar-refractivity contribution in [1.82, 2.24) is 24.6 Å². The smallest absolute Gasteiger partial charge is 0.168 e. The Morgan fingerprint density at radius 3 is 3.07 bits per heavy atom. The molecule has 0 saturated heterocycles. The first kappa shape index (κ1) is 16.8. The summed E-state index contributed by atoms with van der Waals surface area (Å²) in [5.41, 5.74) is 3.43. The molecule has 1 atom stereocenters. The van der Waals surface area contributed by atoms with Crippen molar-refractivity contribution in [3.05, 3.63) is 46.9 Å². The summed E-state index contributed by atoms with van der Waals surface area (Å²) in [6, 6.07) is 8.25. The third-order valence-corrected chi connectivity index (χ3v) is 8.43. The molecule has 9 heteroatoms. The fraction of sp³-hybridized carbons (Fsp3) is 0.263. The molecule has 5 heterocycles. The fourth-order valence-electron chi connectivity index (χ4n) is 3.75. The van der Waals surface area contributed by atoms with Gasteiger partial charge in [-0.2, -0.15) is 0 Å². The van der Waals surface area contributed by atoms with Crippen molar-refractivity contribution in [2.75, 3.05) is 13.6 Å². The SMILES string of the molecule is C[NH+]1CCc2c(sc3ncn4nc(CSc5nc6ccccc6s5)nc4c23)C1. The van der Waals surface area contributed by atoms with Crippen molar-refractivity contribution < 1.29 is 4.90 Å². The number of nitrogens with one attached hydrogen (secondary N) is 1. The summed E-state index contributed by atoms with van der Waals surface area (Å²) in [5.74, 6) is 1.54. The van der Waals surface area contributed by atoms with Crippen LogP contribution < -0.4 is 4.90 Å². The minimum atomic E-state index is 0.711. The second-order valence-corrected chi connectivity index (χ2v) is 10.4. The van der Waals surface area contributed by atoms with Gasteiger partial charge in [-0.25, -0.2) is 19.5 Å². The predicted molar refractivity (Wildman–Crippen MR) is 115 cm³/mol. The normalized spacial score (nSPS) is 17.0. The Hall–Kier alpha value is -2.07. The highest BCUT2D eigenvalue weighted by atomic mass is 32.2. The highest BCUT2D eigenvalue weighted by Crippen LogP contribution is 2.34. The van der Waals surface area contributed by atoms with Gasteiger partial charge in [0, 0.05) is 6.42 Å². The molecule has 4 aromatic heterocycles. The van der Waals surface area contributed by atoms with Crippen LogP contribution in [0.25, 0.3) is 26.1 Å². The molecular formula is C19H17N6S3+. The predicted octanol–water partition coefficient (Wildman–Crippen LogP) is 2.81. The van der Waals surface area contributed by atoms with Gasteiger partial charge in [-0.3, -0.25) is 0 Å². The van der Waals surface area contributed by atoms with E-state index in [0.717, 1.165) is 45.7 Å². The first-order valence-electron chi connectivity index (χ1n) is 9.19. The van der Waals surface area contributed by atoms with Gasteiger partial charge in [-0.1, -0.05) is 23.9 Å². The van der Waals surface area contributed by atoms with Crippen LogP contribution in [0.4, 0.5) is 0 Å². The first-order chi connectivity index (χ1) is 13.7. The molecular weight excluding hydrogens is 408 g/mol. The van der Waals surface area contributed by atoms with Crippen LogP contribution in [0.1, 0.15) is 16.3 Å². The molecule has 0 amide bonds. The summed E-state index contributed by atoms with van der Waals surface area (Å²) in [5, 5.41) is 5.88. The van der Waals surface area contributed by atoms with Crippen LogP contribution in [0.5, 0.6) is 0 Å². The van der Waals surface area contributed by atoms with Gasteiger partial charge in [-0.05, 0) is 17.7 Å². The van der Waals surface area contributed by atoms with Gasteiger partial charge in [0.05, 0.1) is 39.8 Å². The highest BCUT2D eigenvalue weighted by molar-refractivity contribution is 8.00. The van der Waals surface area contributed by atoms with Crippen molar-refractivity contribution in [2.24, 2.45) is 0 Å². The Labute approximate surface area is 173 Å². The Morgan fingerprint density at radius 2 is 2.14 bits per heavy atom. The molecule has 1 aliphatic heterocycles. The standard InChI is InChI=1S/C19H16N6S3/c1-24-7-6-11-14(8-24)27-18-16(11)17-22-15(23-25(17)10-20-18)9-26-19-21-12-4-2-3-5-13(12)28-19/h2-5,10H,6-9H2,1H3/p+1. The van der Waals surface area contributed by atoms with Crippen molar-refractivity contribution in [3.8, 4) is 0 Å². The van der Waals surface area contributed by atoms with Gasteiger partial charge >= 0.3 is 0 Å². The van der Waals surface area contributed by atoms with Crippen LogP contribution in [0, 0.1) is 0 Å².